The zero-order chi connectivity index (χ0) is 14.1. The first-order chi connectivity index (χ1) is 9.15. The number of nitrogens with two attached hydrogens (primary N) is 1. The van der Waals surface area contributed by atoms with E-state index >= 15 is 0 Å². The Bertz CT molecular complexity index is 411. The molecule has 1 amide bonds. The maximum Gasteiger partial charge on any atom is 0.243 e. The van der Waals surface area contributed by atoms with E-state index in [9.17, 15) is 4.79 Å². The lowest BCUT2D eigenvalue weighted by Gasteiger charge is -2.09. The van der Waals surface area contributed by atoms with E-state index in [1.54, 1.807) is 0 Å². The smallest absolute Gasteiger partial charge is 0.243 e. The van der Waals surface area contributed by atoms with Crippen molar-refractivity contribution in [2.45, 2.75) is 19.8 Å². The molecule has 4 N–H and O–H groups in total. The third kappa shape index (κ3) is 6.01. The number of nitrogens with zero attached hydrogens (tertiary/aromatic N) is 2. The van der Waals surface area contributed by atoms with Gasteiger partial charge in [0.15, 0.2) is 0 Å². The van der Waals surface area contributed by atoms with Crippen LogP contribution in [0.1, 0.15) is 19.2 Å². The van der Waals surface area contributed by atoms with Gasteiger partial charge in [-0.2, -0.15) is 0 Å². The minimum absolute atomic E-state index is 0.0612. The molecule has 1 rings (SSSR count). The predicted molar refractivity (Wildman–Crippen MR) is 74.1 cm³/mol. The van der Waals surface area contributed by atoms with Crippen molar-refractivity contribution in [1.29, 1.82) is 0 Å². The van der Waals surface area contributed by atoms with Gasteiger partial charge in [0.1, 0.15) is 24.1 Å². The Balaban J connectivity index is 2.47. The summed E-state index contributed by atoms with van der Waals surface area (Å²) in [5.41, 5.74) is 4.96. The van der Waals surface area contributed by atoms with Gasteiger partial charge in [-0.3, -0.25) is 4.79 Å². The van der Waals surface area contributed by atoms with Gasteiger partial charge in [0.05, 0.1) is 6.61 Å². The Morgan fingerprint density at radius 1 is 1.42 bits per heavy atom. The third-order valence-electron chi connectivity index (χ3n) is 2.30. The Morgan fingerprint density at radius 2 is 2.16 bits per heavy atom. The van der Waals surface area contributed by atoms with E-state index in [1.807, 2.05) is 13.1 Å². The van der Waals surface area contributed by atoms with Crippen molar-refractivity contribution in [3.63, 3.8) is 0 Å². The fraction of sp³-hybridized carbons (Fsp3) is 0.583. The number of hydrogen-bond donors (Lipinski definition) is 3. The Labute approximate surface area is 113 Å². The normalized spacial score (nSPS) is 10.2. The molecule has 0 unspecified atom stereocenters. The molecule has 0 bridgehead atoms. The van der Waals surface area contributed by atoms with Crippen LogP contribution < -0.4 is 16.4 Å². The Morgan fingerprint density at radius 3 is 2.79 bits per heavy atom. The van der Waals surface area contributed by atoms with Gasteiger partial charge in [0.25, 0.3) is 0 Å². The summed E-state index contributed by atoms with van der Waals surface area (Å²) in [5, 5.41) is 6.12. The van der Waals surface area contributed by atoms with E-state index in [1.165, 1.54) is 0 Å². The van der Waals surface area contributed by atoms with Crippen LogP contribution in [0.2, 0.25) is 0 Å². The lowest BCUT2D eigenvalue weighted by atomic mass is 10.3. The van der Waals surface area contributed by atoms with Gasteiger partial charge in [0, 0.05) is 26.1 Å². The maximum atomic E-state index is 10.5. The van der Waals surface area contributed by atoms with Crippen LogP contribution in [0.4, 0.5) is 11.6 Å². The molecule has 19 heavy (non-hydrogen) atoms. The van der Waals surface area contributed by atoms with E-state index in [0.717, 1.165) is 30.3 Å². The number of nitrogens with one attached hydrogen (secondary N) is 2. The third-order valence-corrected chi connectivity index (χ3v) is 2.30. The molecule has 0 radical (unpaired) electrons. The number of hydrogen-bond acceptors (Lipinski definition) is 6. The average molecular weight is 267 g/mol. The standard InChI is InChI=1S/C12H21N5O2/c1-3-4-10-16-11(14-2)7-12(17-10)15-5-6-19-8-9(13)18/h7H,3-6,8H2,1-2H3,(H2,13,18)(H2,14,15,16,17). The second-order valence-electron chi connectivity index (χ2n) is 4.00. The minimum Gasteiger partial charge on any atom is -0.373 e. The maximum absolute atomic E-state index is 10.5. The molecule has 0 spiro atoms. The zero-order valence-corrected chi connectivity index (χ0v) is 11.4. The van der Waals surface area contributed by atoms with E-state index in [2.05, 4.69) is 27.5 Å². The fourth-order valence-corrected chi connectivity index (χ4v) is 1.48. The monoisotopic (exact) mass is 267 g/mol. The topological polar surface area (TPSA) is 102 Å². The van der Waals surface area contributed by atoms with Crippen molar-refractivity contribution >= 4 is 17.5 Å². The molecule has 0 fully saturated rings. The number of primary amides is 1. The summed E-state index contributed by atoms with van der Waals surface area (Å²) in [6.07, 6.45) is 1.83. The van der Waals surface area contributed by atoms with Crippen LogP contribution in [0, 0.1) is 0 Å². The van der Waals surface area contributed by atoms with E-state index in [0.29, 0.717) is 13.2 Å². The van der Waals surface area contributed by atoms with E-state index < -0.39 is 5.91 Å². The van der Waals surface area contributed by atoms with Crippen LogP contribution >= 0.6 is 0 Å². The van der Waals surface area contributed by atoms with Crippen LogP contribution in [0.5, 0.6) is 0 Å². The quantitative estimate of drug-likeness (QED) is 0.559. The van der Waals surface area contributed by atoms with Crippen molar-refractivity contribution in [3.05, 3.63) is 11.9 Å². The zero-order valence-electron chi connectivity index (χ0n) is 11.4. The summed E-state index contributed by atoms with van der Waals surface area (Å²) in [4.78, 5) is 19.2. The van der Waals surface area contributed by atoms with E-state index in [-0.39, 0.29) is 6.61 Å². The van der Waals surface area contributed by atoms with Gasteiger partial charge in [-0.25, -0.2) is 9.97 Å². The number of carbonyl (C=O) groups is 1. The molecule has 7 nitrogen and oxygen atoms in total. The van der Waals surface area contributed by atoms with Gasteiger partial charge in [-0.05, 0) is 6.42 Å². The van der Waals surface area contributed by atoms with Crippen LogP contribution in [-0.2, 0) is 16.0 Å². The molecule has 0 saturated carbocycles. The largest absolute Gasteiger partial charge is 0.373 e. The van der Waals surface area contributed by atoms with Gasteiger partial charge >= 0.3 is 0 Å². The summed E-state index contributed by atoms with van der Waals surface area (Å²) < 4.78 is 5.06. The number of anilines is 2. The highest BCUT2D eigenvalue weighted by Crippen LogP contribution is 2.11. The average Bonchev–Trinajstić information content (AvgIpc) is 2.38. The fourth-order valence-electron chi connectivity index (χ4n) is 1.48. The Hall–Kier alpha value is -1.89. The first kappa shape index (κ1) is 15.2. The molecule has 0 aromatic carbocycles. The molecule has 0 aliphatic heterocycles. The molecule has 1 aromatic rings. The highest BCUT2D eigenvalue weighted by atomic mass is 16.5. The molecule has 106 valence electrons. The van der Waals surface area contributed by atoms with Crippen LogP contribution in [-0.4, -0.2) is 42.7 Å². The molecule has 0 atom stereocenters. The first-order valence-corrected chi connectivity index (χ1v) is 6.31. The first-order valence-electron chi connectivity index (χ1n) is 6.31. The summed E-state index contributed by atoms with van der Waals surface area (Å²) in [7, 11) is 1.82. The molecule has 1 heterocycles. The number of aromatic nitrogens is 2. The number of ether oxygens (including phenoxy) is 1. The van der Waals surface area contributed by atoms with Crippen molar-refractivity contribution in [2.75, 3.05) is 37.4 Å². The molecule has 0 aliphatic rings. The molecular weight excluding hydrogens is 246 g/mol. The second kappa shape index (κ2) is 8.25. The van der Waals surface area contributed by atoms with Gasteiger partial charge in [0.2, 0.25) is 5.91 Å². The van der Waals surface area contributed by atoms with Crippen molar-refractivity contribution in [3.8, 4) is 0 Å². The molecule has 0 aliphatic carbocycles. The molecular formula is C12H21N5O2. The molecule has 1 aromatic heterocycles. The number of amides is 1. The lowest BCUT2D eigenvalue weighted by Crippen LogP contribution is -2.20. The van der Waals surface area contributed by atoms with Crippen molar-refractivity contribution in [2.24, 2.45) is 5.73 Å². The molecule has 7 heteroatoms. The highest BCUT2D eigenvalue weighted by molar-refractivity contribution is 5.74. The summed E-state index contributed by atoms with van der Waals surface area (Å²) in [6.45, 7) is 2.97. The summed E-state index contributed by atoms with van der Waals surface area (Å²) >= 11 is 0. The number of carbonyl (C=O) groups excluding carboxylic acids is 1. The van der Waals surface area contributed by atoms with Crippen LogP contribution in [0.3, 0.4) is 0 Å². The minimum atomic E-state index is -0.468. The van der Waals surface area contributed by atoms with E-state index in [4.69, 9.17) is 10.5 Å². The summed E-state index contributed by atoms with van der Waals surface area (Å²) in [6, 6.07) is 1.83. The van der Waals surface area contributed by atoms with Gasteiger partial charge < -0.3 is 21.1 Å². The molecule has 0 saturated heterocycles. The lowest BCUT2D eigenvalue weighted by molar-refractivity contribution is -0.122. The number of rotatable bonds is 9. The van der Waals surface area contributed by atoms with Gasteiger partial charge in [-0.1, -0.05) is 6.92 Å². The highest BCUT2D eigenvalue weighted by Gasteiger charge is 2.03. The predicted octanol–water partition coefficient (Wildman–Crippen LogP) is 0.385. The summed E-state index contributed by atoms with van der Waals surface area (Å²) in [5.74, 6) is 1.85. The van der Waals surface area contributed by atoms with Gasteiger partial charge in [-0.15, -0.1) is 0 Å². The Kier molecular flexibility index (Phi) is 6.59. The van der Waals surface area contributed by atoms with Crippen LogP contribution in [0.15, 0.2) is 6.07 Å². The van der Waals surface area contributed by atoms with Crippen molar-refractivity contribution < 1.29 is 9.53 Å². The van der Waals surface area contributed by atoms with Crippen LogP contribution in [0.25, 0.3) is 0 Å². The SMILES string of the molecule is CCCc1nc(NC)cc(NCCOCC(N)=O)n1. The second-order valence-corrected chi connectivity index (χ2v) is 4.00. The number of aryl methyl sites for hydroxylation is 1. The van der Waals surface area contributed by atoms with Crippen molar-refractivity contribution in [1.82, 2.24) is 9.97 Å².